The third kappa shape index (κ3) is 6.53. The first kappa shape index (κ1) is 32.0. The van der Waals surface area contributed by atoms with Crippen molar-refractivity contribution in [2.75, 3.05) is 23.3 Å². The van der Waals surface area contributed by atoms with Crippen LogP contribution >= 0.6 is 11.3 Å². The number of nitrogens with one attached hydrogen (secondary N) is 2. The van der Waals surface area contributed by atoms with Gasteiger partial charge < -0.3 is 20.3 Å². The number of urea groups is 1. The summed E-state index contributed by atoms with van der Waals surface area (Å²) in [6, 6.07) is 15.4. The number of carbonyl (C=O) groups is 3. The molecule has 0 bridgehead atoms. The lowest BCUT2D eigenvalue weighted by Crippen LogP contribution is -2.50. The van der Waals surface area contributed by atoms with Crippen LogP contribution in [-0.4, -0.2) is 53.0 Å². The van der Waals surface area contributed by atoms with E-state index in [0.717, 1.165) is 27.9 Å². The Kier molecular flexibility index (Phi) is 8.66. The molecule has 2 aliphatic rings. The molecule has 2 aromatic heterocycles. The summed E-state index contributed by atoms with van der Waals surface area (Å²) in [5, 5.41) is 6.34. The van der Waals surface area contributed by atoms with E-state index < -0.39 is 41.6 Å². The summed E-state index contributed by atoms with van der Waals surface area (Å²) in [6.45, 7) is 5.11. The normalized spacial score (nSPS) is 16.8. The van der Waals surface area contributed by atoms with Crippen LogP contribution in [0.4, 0.5) is 35.0 Å². The number of aromatic nitrogens is 1. The van der Waals surface area contributed by atoms with Crippen LogP contribution in [0, 0.1) is 12.8 Å². The molecule has 0 radical (unpaired) electrons. The maximum absolute atomic E-state index is 13.7. The molecule has 4 amide bonds. The summed E-state index contributed by atoms with van der Waals surface area (Å²) in [5.41, 5.74) is 1.07. The number of likely N-dealkylation sites (tertiary alicyclic amines) is 1. The molecule has 0 spiro atoms. The number of allylic oxidation sites excluding steroid dienone is 1. The second-order valence-electron chi connectivity index (χ2n) is 11.8. The van der Waals surface area contributed by atoms with Crippen LogP contribution in [0.2, 0.25) is 0 Å². The number of anilines is 3. The number of piperidine rings is 1. The third-order valence-corrected chi connectivity index (χ3v) is 9.02. The van der Waals surface area contributed by atoms with Crippen molar-refractivity contribution in [1.29, 1.82) is 0 Å². The Labute approximate surface area is 273 Å². The van der Waals surface area contributed by atoms with Crippen LogP contribution in [0.1, 0.15) is 41.9 Å². The standard InChI is InChI=1S/C34H32F3N5O4S/c1-19(2)16-24(34(35,36)37)32(44)41-15-7-8-21(18-41)39-30(43)29-28-27-26(13-14-38-31(27)47-29)42(33(45)40-28)25-12-11-23(17-20(25)3)46-22-9-5-4-6-10-22/h4-6,9-14,16-17,19,21H,7-8,15,18H2,1-3H3,(H,39,43)(H,40,45)/b24-16+/t21-/m1/s1. The van der Waals surface area contributed by atoms with Crippen molar-refractivity contribution in [2.45, 2.75) is 45.8 Å². The first-order valence-corrected chi connectivity index (χ1v) is 16.0. The Balaban J connectivity index is 1.24. The topological polar surface area (TPSA) is 104 Å². The molecule has 244 valence electrons. The lowest BCUT2D eigenvalue weighted by atomic mass is 10.0. The van der Waals surface area contributed by atoms with Gasteiger partial charge in [-0.2, -0.15) is 13.2 Å². The zero-order valence-electron chi connectivity index (χ0n) is 25.9. The molecule has 1 fully saturated rings. The minimum Gasteiger partial charge on any atom is -0.457 e. The molecule has 0 saturated carbocycles. The Morgan fingerprint density at radius 1 is 1.11 bits per heavy atom. The molecule has 2 aromatic carbocycles. The quantitative estimate of drug-likeness (QED) is 0.196. The van der Waals surface area contributed by atoms with Gasteiger partial charge in [0.05, 0.1) is 22.4 Å². The second-order valence-corrected chi connectivity index (χ2v) is 12.8. The number of ether oxygens (including phenoxy) is 1. The van der Waals surface area contributed by atoms with Crippen molar-refractivity contribution in [1.82, 2.24) is 15.2 Å². The number of halogens is 3. The average molecular weight is 664 g/mol. The fourth-order valence-electron chi connectivity index (χ4n) is 5.87. The number of aryl methyl sites for hydroxylation is 1. The van der Waals surface area contributed by atoms with E-state index in [4.69, 9.17) is 4.74 Å². The molecule has 47 heavy (non-hydrogen) atoms. The maximum atomic E-state index is 13.7. The molecule has 2 N–H and O–H groups in total. The van der Waals surface area contributed by atoms with Crippen LogP contribution in [0.25, 0.3) is 10.2 Å². The number of amides is 4. The van der Waals surface area contributed by atoms with E-state index in [2.05, 4.69) is 15.6 Å². The van der Waals surface area contributed by atoms with E-state index in [1.54, 1.807) is 38.2 Å². The number of alkyl halides is 3. The van der Waals surface area contributed by atoms with Crippen LogP contribution < -0.4 is 20.3 Å². The summed E-state index contributed by atoms with van der Waals surface area (Å²) >= 11 is 1.11. The number of para-hydroxylation sites is 1. The van der Waals surface area contributed by atoms with E-state index in [1.807, 2.05) is 43.3 Å². The SMILES string of the molecule is Cc1cc(Oc2ccccc2)ccc1N1C(=O)Nc2c(C(=O)N[C@@H]3CCCN(C(=O)/C(=C\C(C)C)C(F)(F)F)C3)sc3nccc1c23. The minimum atomic E-state index is -4.79. The third-order valence-electron chi connectivity index (χ3n) is 7.92. The minimum absolute atomic E-state index is 0.0663. The Morgan fingerprint density at radius 3 is 2.57 bits per heavy atom. The van der Waals surface area contributed by atoms with Gasteiger partial charge in [0, 0.05) is 25.3 Å². The van der Waals surface area contributed by atoms with E-state index >= 15 is 0 Å². The Hall–Kier alpha value is -4.91. The summed E-state index contributed by atoms with van der Waals surface area (Å²) in [7, 11) is 0. The van der Waals surface area contributed by atoms with Gasteiger partial charge in [0.1, 0.15) is 26.8 Å². The van der Waals surface area contributed by atoms with Gasteiger partial charge in [-0.15, -0.1) is 11.3 Å². The largest absolute Gasteiger partial charge is 0.457 e. The van der Waals surface area contributed by atoms with E-state index in [9.17, 15) is 27.6 Å². The lowest BCUT2D eigenvalue weighted by Gasteiger charge is -2.34. The summed E-state index contributed by atoms with van der Waals surface area (Å²) in [4.78, 5) is 48.0. The van der Waals surface area contributed by atoms with Crippen molar-refractivity contribution >= 4 is 56.5 Å². The number of carbonyl (C=O) groups excluding carboxylic acids is 3. The average Bonchev–Trinajstić information content (AvgIpc) is 3.40. The number of benzene rings is 2. The molecular formula is C34H32F3N5O4S. The Bertz CT molecular complexity index is 1890. The highest BCUT2D eigenvalue weighted by molar-refractivity contribution is 7.21. The van der Waals surface area contributed by atoms with E-state index in [1.165, 1.54) is 4.90 Å². The molecule has 0 unspecified atom stereocenters. The van der Waals surface area contributed by atoms with Crippen LogP contribution in [0.3, 0.4) is 0 Å². The van der Waals surface area contributed by atoms with Crippen molar-refractivity contribution in [3.63, 3.8) is 0 Å². The number of pyridine rings is 1. The van der Waals surface area contributed by atoms with Crippen LogP contribution in [0.15, 0.2) is 72.4 Å². The van der Waals surface area contributed by atoms with Gasteiger partial charge >= 0.3 is 12.2 Å². The predicted molar refractivity (Wildman–Crippen MR) is 175 cm³/mol. The number of rotatable bonds is 7. The van der Waals surface area contributed by atoms with E-state index in [0.29, 0.717) is 51.6 Å². The van der Waals surface area contributed by atoms with Gasteiger partial charge in [-0.1, -0.05) is 38.1 Å². The van der Waals surface area contributed by atoms with Crippen LogP contribution in [0.5, 0.6) is 11.5 Å². The molecule has 9 nitrogen and oxygen atoms in total. The number of nitrogens with zero attached hydrogens (tertiary/aromatic N) is 3. The molecular weight excluding hydrogens is 631 g/mol. The number of hydrogen-bond donors (Lipinski definition) is 2. The Morgan fingerprint density at radius 2 is 1.87 bits per heavy atom. The summed E-state index contributed by atoms with van der Waals surface area (Å²) in [6.07, 6.45) is -1.38. The molecule has 1 atom stereocenters. The molecule has 4 heterocycles. The highest BCUT2D eigenvalue weighted by atomic mass is 32.1. The lowest BCUT2D eigenvalue weighted by molar-refractivity contribution is -0.140. The first-order chi connectivity index (χ1) is 22.4. The van der Waals surface area contributed by atoms with Crippen molar-refractivity contribution in [2.24, 2.45) is 5.92 Å². The molecule has 6 rings (SSSR count). The maximum Gasteiger partial charge on any atom is 0.421 e. The summed E-state index contributed by atoms with van der Waals surface area (Å²) < 4.78 is 47.0. The number of hydrogen-bond acceptors (Lipinski definition) is 6. The monoisotopic (exact) mass is 663 g/mol. The second kappa shape index (κ2) is 12.7. The van der Waals surface area contributed by atoms with Gasteiger partial charge in [0.15, 0.2) is 0 Å². The van der Waals surface area contributed by atoms with Gasteiger partial charge in [0.25, 0.3) is 11.8 Å². The molecule has 2 aliphatic heterocycles. The van der Waals surface area contributed by atoms with Crippen molar-refractivity contribution in [3.05, 3.63) is 82.9 Å². The zero-order valence-corrected chi connectivity index (χ0v) is 26.7. The molecule has 13 heteroatoms. The molecule has 0 aliphatic carbocycles. The molecule has 4 aromatic rings. The highest BCUT2D eigenvalue weighted by Gasteiger charge is 2.42. The molecule has 1 saturated heterocycles. The van der Waals surface area contributed by atoms with E-state index in [-0.39, 0.29) is 18.0 Å². The van der Waals surface area contributed by atoms with Crippen LogP contribution in [-0.2, 0) is 4.79 Å². The van der Waals surface area contributed by atoms with Crippen molar-refractivity contribution < 1.29 is 32.3 Å². The highest BCUT2D eigenvalue weighted by Crippen LogP contribution is 2.46. The van der Waals surface area contributed by atoms with Gasteiger partial charge in [-0.05, 0) is 67.6 Å². The summed E-state index contributed by atoms with van der Waals surface area (Å²) in [5.74, 6) is -0.782. The first-order valence-electron chi connectivity index (χ1n) is 15.2. The van der Waals surface area contributed by atoms with Crippen molar-refractivity contribution in [3.8, 4) is 11.5 Å². The van der Waals surface area contributed by atoms with Gasteiger partial charge in [-0.25, -0.2) is 9.78 Å². The number of thiophene rings is 1. The van der Waals surface area contributed by atoms with Gasteiger partial charge in [0.2, 0.25) is 0 Å². The zero-order chi connectivity index (χ0) is 33.5. The fraction of sp³-hybridized carbons (Fsp3) is 0.294. The van der Waals surface area contributed by atoms with Gasteiger partial charge in [-0.3, -0.25) is 14.5 Å². The fourth-order valence-corrected chi connectivity index (χ4v) is 6.89. The smallest absolute Gasteiger partial charge is 0.421 e. The predicted octanol–water partition coefficient (Wildman–Crippen LogP) is 7.95.